The van der Waals surface area contributed by atoms with Gasteiger partial charge in [0.05, 0.1) is 11.5 Å². The van der Waals surface area contributed by atoms with Gasteiger partial charge < -0.3 is 21.5 Å². The molecule has 1 aliphatic rings. The third kappa shape index (κ3) is 6.54. The van der Waals surface area contributed by atoms with Gasteiger partial charge in [0.1, 0.15) is 6.04 Å². The highest BCUT2D eigenvalue weighted by Gasteiger charge is 2.27. The van der Waals surface area contributed by atoms with E-state index in [2.05, 4.69) is 10.6 Å². The summed E-state index contributed by atoms with van der Waals surface area (Å²) in [5.41, 5.74) is 4.93. The number of amides is 2. The molecule has 0 aromatic rings. The van der Waals surface area contributed by atoms with Gasteiger partial charge in [0.25, 0.3) is 0 Å². The highest BCUT2D eigenvalue weighted by molar-refractivity contribution is 7.91. The van der Waals surface area contributed by atoms with E-state index in [9.17, 15) is 22.8 Å². The lowest BCUT2D eigenvalue weighted by Crippen LogP contribution is -2.49. The molecule has 0 bridgehead atoms. The molecule has 0 aromatic heterocycles. The quantitative estimate of drug-likeness (QED) is 0.407. The number of rotatable bonds is 7. The van der Waals surface area contributed by atoms with E-state index in [0.29, 0.717) is 0 Å². The van der Waals surface area contributed by atoms with E-state index in [-0.39, 0.29) is 37.3 Å². The molecule has 1 saturated heterocycles. The molecule has 1 aliphatic heterocycles. The summed E-state index contributed by atoms with van der Waals surface area (Å²) in [6.45, 7) is 0.268. The predicted molar refractivity (Wildman–Crippen MR) is 73.1 cm³/mol. The van der Waals surface area contributed by atoms with Crippen molar-refractivity contribution in [1.29, 1.82) is 0 Å². The molecule has 1 fully saturated rings. The number of carboxylic acids is 1. The van der Waals surface area contributed by atoms with Crippen molar-refractivity contribution >= 4 is 27.6 Å². The molecule has 1 heterocycles. The number of hydrogen-bond donors (Lipinski definition) is 4. The van der Waals surface area contributed by atoms with Crippen molar-refractivity contribution in [3.05, 3.63) is 0 Å². The van der Waals surface area contributed by atoms with Gasteiger partial charge in [-0.25, -0.2) is 13.2 Å². The molecule has 2 atom stereocenters. The molecule has 9 nitrogen and oxygen atoms in total. The highest BCUT2D eigenvalue weighted by atomic mass is 32.2. The van der Waals surface area contributed by atoms with Crippen molar-refractivity contribution in [1.82, 2.24) is 10.6 Å². The van der Waals surface area contributed by atoms with Crippen molar-refractivity contribution in [2.75, 3.05) is 18.1 Å². The maximum absolute atomic E-state index is 11.8. The van der Waals surface area contributed by atoms with Gasteiger partial charge in [-0.1, -0.05) is 0 Å². The normalized spacial score (nSPS) is 22.2. The van der Waals surface area contributed by atoms with E-state index in [4.69, 9.17) is 10.8 Å². The maximum Gasteiger partial charge on any atom is 0.326 e. The second-order valence-electron chi connectivity index (χ2n) is 4.93. The minimum absolute atomic E-state index is 0.0292. The number of carboxylic acid groups (broad SMARTS) is 1. The molecule has 2 amide bonds. The average molecular weight is 321 g/mol. The van der Waals surface area contributed by atoms with Crippen LogP contribution in [0, 0.1) is 0 Å². The second kappa shape index (κ2) is 7.36. The summed E-state index contributed by atoms with van der Waals surface area (Å²) in [4.78, 5) is 33.4. The second-order valence-corrected chi connectivity index (χ2v) is 7.16. The maximum atomic E-state index is 11.8. The molecule has 0 radical (unpaired) electrons. The fourth-order valence-electron chi connectivity index (χ4n) is 2.02. The van der Waals surface area contributed by atoms with Gasteiger partial charge in [-0.3, -0.25) is 9.59 Å². The Bertz CT molecular complexity index is 518. The molecule has 0 spiro atoms. The first kappa shape index (κ1) is 17.4. The van der Waals surface area contributed by atoms with Crippen molar-refractivity contribution in [2.45, 2.75) is 31.3 Å². The van der Waals surface area contributed by atoms with E-state index in [1.165, 1.54) is 0 Å². The lowest BCUT2D eigenvalue weighted by Gasteiger charge is -2.23. The summed E-state index contributed by atoms with van der Waals surface area (Å²) in [6, 6.07) is -1.75. The van der Waals surface area contributed by atoms with Crippen LogP contribution >= 0.6 is 0 Å². The molecular formula is C11H19N3O6S. The van der Waals surface area contributed by atoms with Crippen molar-refractivity contribution in [2.24, 2.45) is 5.73 Å². The molecule has 1 rings (SSSR count). The fourth-order valence-corrected chi connectivity index (χ4v) is 3.46. The Labute approximate surface area is 122 Å². The number of aliphatic carboxylic acids is 1. The van der Waals surface area contributed by atoms with Crippen molar-refractivity contribution in [3.8, 4) is 0 Å². The molecular weight excluding hydrogens is 302 g/mol. The van der Waals surface area contributed by atoms with Crippen LogP contribution in [-0.2, 0) is 24.2 Å². The summed E-state index contributed by atoms with van der Waals surface area (Å²) >= 11 is 0. The first-order chi connectivity index (χ1) is 9.69. The SMILES string of the molecule is NC(=O)CC[C@@H](NC(=O)CC1CS(=O)(=O)CCN1)C(=O)O. The summed E-state index contributed by atoms with van der Waals surface area (Å²) in [5, 5.41) is 14.1. The Morgan fingerprint density at radius 2 is 2.05 bits per heavy atom. The van der Waals surface area contributed by atoms with Crippen LogP contribution in [0.5, 0.6) is 0 Å². The Morgan fingerprint density at radius 1 is 1.38 bits per heavy atom. The molecule has 21 heavy (non-hydrogen) atoms. The van der Waals surface area contributed by atoms with E-state index < -0.39 is 39.7 Å². The van der Waals surface area contributed by atoms with Crippen LogP contribution in [0.25, 0.3) is 0 Å². The van der Waals surface area contributed by atoms with Crippen LogP contribution in [-0.4, -0.2) is 61.4 Å². The molecule has 0 saturated carbocycles. The van der Waals surface area contributed by atoms with Crippen molar-refractivity contribution < 1.29 is 27.9 Å². The third-order valence-corrected chi connectivity index (χ3v) is 4.78. The van der Waals surface area contributed by atoms with Crippen LogP contribution in [0.2, 0.25) is 0 Å². The minimum atomic E-state index is -3.16. The fraction of sp³-hybridized carbons (Fsp3) is 0.727. The number of carbonyl (C=O) groups excluding carboxylic acids is 2. The smallest absolute Gasteiger partial charge is 0.326 e. The Morgan fingerprint density at radius 3 is 2.57 bits per heavy atom. The minimum Gasteiger partial charge on any atom is -0.480 e. The van der Waals surface area contributed by atoms with Crippen LogP contribution in [0.1, 0.15) is 19.3 Å². The van der Waals surface area contributed by atoms with Gasteiger partial charge in [0, 0.05) is 25.4 Å². The molecule has 1 unspecified atom stereocenters. The zero-order valence-electron chi connectivity index (χ0n) is 11.4. The van der Waals surface area contributed by atoms with Crippen molar-refractivity contribution in [3.63, 3.8) is 0 Å². The van der Waals surface area contributed by atoms with Crippen LogP contribution in [0.4, 0.5) is 0 Å². The lowest BCUT2D eigenvalue weighted by molar-refractivity contribution is -0.142. The lowest BCUT2D eigenvalue weighted by atomic mass is 10.1. The van der Waals surface area contributed by atoms with Crippen LogP contribution < -0.4 is 16.4 Å². The van der Waals surface area contributed by atoms with Gasteiger partial charge in [-0.15, -0.1) is 0 Å². The zero-order valence-corrected chi connectivity index (χ0v) is 12.2. The largest absolute Gasteiger partial charge is 0.480 e. The van der Waals surface area contributed by atoms with E-state index in [0.717, 1.165) is 0 Å². The van der Waals surface area contributed by atoms with Gasteiger partial charge in [0.15, 0.2) is 9.84 Å². The molecule has 120 valence electrons. The molecule has 0 aliphatic carbocycles. The summed E-state index contributed by atoms with van der Waals surface area (Å²) < 4.78 is 22.9. The molecule has 0 aromatic carbocycles. The monoisotopic (exact) mass is 321 g/mol. The standard InChI is InChI=1S/C11H19N3O6S/c12-9(15)2-1-8(11(17)18)14-10(16)5-7-6-21(19,20)4-3-13-7/h7-8,13H,1-6H2,(H2,12,15)(H,14,16)(H,17,18)/t7?,8-/m1/s1. The van der Waals surface area contributed by atoms with Gasteiger partial charge >= 0.3 is 5.97 Å². The molecule has 5 N–H and O–H groups in total. The average Bonchev–Trinajstić information content (AvgIpc) is 2.32. The predicted octanol–water partition coefficient (Wildman–Crippen LogP) is -2.40. The van der Waals surface area contributed by atoms with Gasteiger partial charge in [0.2, 0.25) is 11.8 Å². The van der Waals surface area contributed by atoms with Gasteiger partial charge in [-0.2, -0.15) is 0 Å². The molecule has 10 heteroatoms. The summed E-state index contributed by atoms with van der Waals surface area (Å²) in [6.07, 6.45) is -0.403. The Balaban J connectivity index is 2.50. The van der Waals surface area contributed by atoms with E-state index >= 15 is 0 Å². The number of nitrogens with two attached hydrogens (primary N) is 1. The number of sulfone groups is 1. The van der Waals surface area contributed by atoms with Gasteiger partial charge in [-0.05, 0) is 6.42 Å². The first-order valence-electron chi connectivity index (χ1n) is 6.44. The Hall–Kier alpha value is -1.68. The van der Waals surface area contributed by atoms with E-state index in [1.54, 1.807) is 0 Å². The topological polar surface area (TPSA) is 156 Å². The van der Waals surface area contributed by atoms with E-state index in [1.807, 2.05) is 0 Å². The zero-order chi connectivity index (χ0) is 16.0. The summed E-state index contributed by atoms with van der Waals surface area (Å²) in [7, 11) is -3.16. The number of carbonyl (C=O) groups is 3. The highest BCUT2D eigenvalue weighted by Crippen LogP contribution is 2.06. The summed E-state index contributed by atoms with van der Waals surface area (Å²) in [5.74, 6) is -2.63. The third-order valence-electron chi connectivity index (χ3n) is 3.05. The first-order valence-corrected chi connectivity index (χ1v) is 8.26. The van der Waals surface area contributed by atoms with Crippen LogP contribution in [0.15, 0.2) is 0 Å². The number of hydrogen-bond acceptors (Lipinski definition) is 6. The number of nitrogens with one attached hydrogen (secondary N) is 2. The van der Waals surface area contributed by atoms with Crippen LogP contribution in [0.3, 0.4) is 0 Å². The Kier molecular flexibility index (Phi) is 6.09. The number of primary amides is 1.